The molecule has 5 rings (SSSR count). The number of carbonyl (C=O) groups excluding carboxylic acids is 2. The molecule has 2 aliphatic rings. The standard InChI is InChI=1S/C26H21ClN2O3/c1-32-22-8-4-7-21(15-22)29-25(30)23(18-9-11-20(27)12-10-18)24(26(29)31)28-14-13-17-5-2-3-6-19(17)16-28/h2-12,15H,13-14,16H2,1H3. The fourth-order valence-electron chi connectivity index (χ4n) is 4.36. The number of nitrogens with zero attached hydrogens (tertiary/aromatic N) is 2. The molecule has 2 aliphatic heterocycles. The zero-order chi connectivity index (χ0) is 22.2. The minimum Gasteiger partial charge on any atom is -0.497 e. The highest BCUT2D eigenvalue weighted by atomic mass is 35.5. The van der Waals surface area contributed by atoms with Gasteiger partial charge in [-0.1, -0.05) is 54.1 Å². The molecular formula is C26H21ClN2O3. The molecule has 0 unspecified atom stereocenters. The Morgan fingerprint density at radius 2 is 1.62 bits per heavy atom. The fraction of sp³-hybridized carbons (Fsp3) is 0.154. The first kappa shape index (κ1) is 20.3. The zero-order valence-electron chi connectivity index (χ0n) is 17.5. The van der Waals surface area contributed by atoms with Crippen molar-refractivity contribution in [3.63, 3.8) is 0 Å². The number of rotatable bonds is 4. The molecule has 0 aliphatic carbocycles. The smallest absolute Gasteiger partial charge is 0.282 e. The maximum absolute atomic E-state index is 13.7. The van der Waals surface area contributed by atoms with Crippen LogP contribution in [0.2, 0.25) is 5.02 Å². The summed E-state index contributed by atoms with van der Waals surface area (Å²) in [5, 5.41) is 0.573. The van der Waals surface area contributed by atoms with Gasteiger partial charge in [-0.05, 0) is 47.4 Å². The zero-order valence-corrected chi connectivity index (χ0v) is 18.3. The van der Waals surface area contributed by atoms with E-state index in [-0.39, 0.29) is 11.8 Å². The molecule has 3 aromatic rings. The second kappa shape index (κ2) is 8.17. The summed E-state index contributed by atoms with van der Waals surface area (Å²) in [7, 11) is 1.56. The van der Waals surface area contributed by atoms with Gasteiger partial charge in [0, 0.05) is 24.2 Å². The van der Waals surface area contributed by atoms with Crippen molar-refractivity contribution >= 4 is 34.7 Å². The Bertz CT molecular complexity index is 1250. The molecule has 0 spiro atoms. The van der Waals surface area contributed by atoms with Gasteiger partial charge < -0.3 is 9.64 Å². The van der Waals surface area contributed by atoms with Crippen LogP contribution in [0.4, 0.5) is 5.69 Å². The number of benzene rings is 3. The lowest BCUT2D eigenvalue weighted by Crippen LogP contribution is -2.37. The molecular weight excluding hydrogens is 424 g/mol. The summed E-state index contributed by atoms with van der Waals surface area (Å²) in [4.78, 5) is 30.6. The van der Waals surface area contributed by atoms with Crippen LogP contribution in [-0.2, 0) is 22.6 Å². The van der Waals surface area contributed by atoms with E-state index in [1.54, 1.807) is 55.6 Å². The maximum atomic E-state index is 13.7. The van der Waals surface area contributed by atoms with Gasteiger partial charge in [0.15, 0.2) is 0 Å². The SMILES string of the molecule is COc1cccc(N2C(=O)C(c3ccc(Cl)cc3)=C(N3CCc4ccccc4C3)C2=O)c1. The van der Waals surface area contributed by atoms with Gasteiger partial charge in [0.25, 0.3) is 11.8 Å². The molecule has 0 N–H and O–H groups in total. The number of ether oxygens (including phenoxy) is 1. The Morgan fingerprint density at radius 3 is 2.38 bits per heavy atom. The molecule has 3 aromatic carbocycles. The van der Waals surface area contributed by atoms with Crippen LogP contribution in [-0.4, -0.2) is 30.4 Å². The monoisotopic (exact) mass is 444 g/mol. The van der Waals surface area contributed by atoms with Crippen molar-refractivity contribution in [3.05, 3.63) is 100 Å². The second-order valence-corrected chi connectivity index (χ2v) is 8.25. The minimum absolute atomic E-state index is 0.326. The Morgan fingerprint density at radius 1 is 0.875 bits per heavy atom. The number of amides is 2. The van der Waals surface area contributed by atoms with Crippen LogP contribution < -0.4 is 9.64 Å². The Balaban J connectivity index is 1.61. The summed E-state index contributed by atoms with van der Waals surface area (Å²) in [5.74, 6) is -0.0940. The van der Waals surface area contributed by atoms with Crippen LogP contribution in [0.3, 0.4) is 0 Å². The van der Waals surface area contributed by atoms with E-state index in [0.29, 0.717) is 46.4 Å². The topological polar surface area (TPSA) is 49.9 Å². The normalized spacial score (nSPS) is 15.9. The highest BCUT2D eigenvalue weighted by molar-refractivity contribution is 6.45. The lowest BCUT2D eigenvalue weighted by Gasteiger charge is -2.31. The van der Waals surface area contributed by atoms with Gasteiger partial charge in [0.2, 0.25) is 0 Å². The Labute approximate surface area is 191 Å². The van der Waals surface area contributed by atoms with Crippen molar-refractivity contribution in [2.24, 2.45) is 0 Å². The molecule has 160 valence electrons. The van der Waals surface area contributed by atoms with Crippen LogP contribution >= 0.6 is 11.6 Å². The van der Waals surface area contributed by atoms with Crippen molar-refractivity contribution in [1.29, 1.82) is 0 Å². The first-order valence-corrected chi connectivity index (χ1v) is 10.8. The number of fused-ring (bicyclic) bond motifs is 1. The van der Waals surface area contributed by atoms with E-state index in [4.69, 9.17) is 16.3 Å². The van der Waals surface area contributed by atoms with E-state index in [9.17, 15) is 9.59 Å². The average Bonchev–Trinajstić information content (AvgIpc) is 3.09. The van der Waals surface area contributed by atoms with Crippen molar-refractivity contribution in [3.8, 4) is 5.75 Å². The molecule has 5 nitrogen and oxygen atoms in total. The van der Waals surface area contributed by atoms with Crippen molar-refractivity contribution in [1.82, 2.24) is 4.90 Å². The highest BCUT2D eigenvalue weighted by Crippen LogP contribution is 2.37. The second-order valence-electron chi connectivity index (χ2n) is 7.82. The van der Waals surface area contributed by atoms with E-state index >= 15 is 0 Å². The highest BCUT2D eigenvalue weighted by Gasteiger charge is 2.43. The number of methoxy groups -OCH3 is 1. The van der Waals surface area contributed by atoms with Crippen LogP contribution in [0.1, 0.15) is 16.7 Å². The first-order chi connectivity index (χ1) is 15.6. The van der Waals surface area contributed by atoms with E-state index in [1.807, 2.05) is 17.0 Å². The maximum Gasteiger partial charge on any atom is 0.282 e. The molecule has 6 heteroatoms. The Kier molecular flexibility index (Phi) is 5.19. The number of hydrogen-bond donors (Lipinski definition) is 0. The van der Waals surface area contributed by atoms with Crippen molar-refractivity contribution in [2.75, 3.05) is 18.6 Å². The fourth-order valence-corrected chi connectivity index (χ4v) is 4.48. The third-order valence-electron chi connectivity index (χ3n) is 5.95. The van der Waals surface area contributed by atoms with Crippen LogP contribution in [0.5, 0.6) is 5.75 Å². The van der Waals surface area contributed by atoms with E-state index in [2.05, 4.69) is 12.1 Å². The first-order valence-electron chi connectivity index (χ1n) is 10.4. The van der Waals surface area contributed by atoms with Gasteiger partial charge in [-0.3, -0.25) is 9.59 Å². The molecule has 0 saturated carbocycles. The molecule has 0 aromatic heterocycles. The van der Waals surface area contributed by atoms with Crippen molar-refractivity contribution in [2.45, 2.75) is 13.0 Å². The predicted molar refractivity (Wildman–Crippen MR) is 124 cm³/mol. The number of anilines is 1. The summed E-state index contributed by atoms with van der Waals surface area (Å²) in [6.07, 6.45) is 0.814. The third-order valence-corrected chi connectivity index (χ3v) is 6.20. The van der Waals surface area contributed by atoms with Gasteiger partial charge in [-0.25, -0.2) is 4.90 Å². The number of carbonyl (C=O) groups is 2. The predicted octanol–water partition coefficient (Wildman–Crippen LogP) is 4.69. The molecule has 0 bridgehead atoms. The van der Waals surface area contributed by atoms with Gasteiger partial charge in [-0.2, -0.15) is 0 Å². The quantitative estimate of drug-likeness (QED) is 0.548. The van der Waals surface area contributed by atoms with Gasteiger partial charge in [0.1, 0.15) is 11.4 Å². The largest absolute Gasteiger partial charge is 0.497 e. The van der Waals surface area contributed by atoms with Crippen molar-refractivity contribution < 1.29 is 14.3 Å². The summed E-state index contributed by atoms with van der Waals surface area (Å²) in [6, 6.07) is 22.3. The molecule has 0 atom stereocenters. The lowest BCUT2D eigenvalue weighted by atomic mass is 9.98. The van der Waals surface area contributed by atoms with Gasteiger partial charge in [-0.15, -0.1) is 0 Å². The van der Waals surface area contributed by atoms with Gasteiger partial charge >= 0.3 is 0 Å². The summed E-state index contributed by atoms with van der Waals surface area (Å²) < 4.78 is 5.30. The van der Waals surface area contributed by atoms with E-state index in [1.165, 1.54) is 16.0 Å². The summed E-state index contributed by atoms with van der Waals surface area (Å²) >= 11 is 6.08. The van der Waals surface area contributed by atoms with Crippen LogP contribution in [0.15, 0.2) is 78.5 Å². The number of hydrogen-bond acceptors (Lipinski definition) is 4. The average molecular weight is 445 g/mol. The lowest BCUT2D eigenvalue weighted by molar-refractivity contribution is -0.120. The molecule has 2 heterocycles. The molecule has 0 saturated heterocycles. The minimum atomic E-state index is -0.348. The van der Waals surface area contributed by atoms with E-state index < -0.39 is 0 Å². The van der Waals surface area contributed by atoms with Crippen LogP contribution in [0, 0.1) is 0 Å². The molecule has 32 heavy (non-hydrogen) atoms. The third kappa shape index (κ3) is 3.45. The van der Waals surface area contributed by atoms with Crippen LogP contribution in [0.25, 0.3) is 5.57 Å². The van der Waals surface area contributed by atoms with E-state index in [0.717, 1.165) is 6.42 Å². The summed E-state index contributed by atoms with van der Waals surface area (Å²) in [6.45, 7) is 1.24. The molecule has 0 fully saturated rings. The molecule has 2 amide bonds. The van der Waals surface area contributed by atoms with Gasteiger partial charge in [0.05, 0.1) is 18.4 Å². The Hall–Kier alpha value is -3.57. The summed E-state index contributed by atoms with van der Waals surface area (Å²) in [5.41, 5.74) is 4.43. The molecule has 0 radical (unpaired) electrons. The number of imide groups is 1. The number of halogens is 1.